The number of rotatable bonds is 3. The average Bonchev–Trinajstić information content (AvgIpc) is 2.40. The van der Waals surface area contributed by atoms with Crippen LogP contribution in [-0.2, 0) is 0 Å². The number of carbonyl (C=O) groups is 1. The topological polar surface area (TPSA) is 58.4 Å². The largest absolute Gasteiger partial charge is 0.381 e. The molecule has 1 atom stereocenters. The summed E-state index contributed by atoms with van der Waals surface area (Å²) in [6, 6.07) is 7.99. The first kappa shape index (κ1) is 11.5. The first-order valence-electron chi connectivity index (χ1n) is 6.61. The molecule has 96 valence electrons. The number of benzene rings is 1. The Hall–Kier alpha value is -1.55. The van der Waals surface area contributed by atoms with E-state index in [0.29, 0.717) is 11.6 Å². The number of piperidine rings is 3. The van der Waals surface area contributed by atoms with Crippen molar-refractivity contribution in [3.8, 4) is 0 Å². The quantitative estimate of drug-likeness (QED) is 0.843. The van der Waals surface area contributed by atoms with Crippen LogP contribution in [0.2, 0.25) is 0 Å². The molecule has 3 saturated heterocycles. The number of hydrogen-bond acceptors (Lipinski definition) is 3. The highest BCUT2D eigenvalue weighted by molar-refractivity contribution is 5.93. The number of anilines is 1. The Kier molecular flexibility index (Phi) is 2.96. The van der Waals surface area contributed by atoms with Gasteiger partial charge in [-0.05, 0) is 50.0 Å². The average molecular weight is 245 g/mol. The van der Waals surface area contributed by atoms with Gasteiger partial charge >= 0.3 is 0 Å². The number of nitrogens with one attached hydrogen (secondary N) is 1. The van der Waals surface area contributed by atoms with Crippen LogP contribution in [0.25, 0.3) is 0 Å². The molecule has 0 radical (unpaired) electrons. The molecule has 0 aliphatic carbocycles. The number of carbonyl (C=O) groups excluding carboxylic acids is 1. The van der Waals surface area contributed by atoms with Gasteiger partial charge < -0.3 is 16.0 Å². The molecule has 4 rings (SSSR count). The van der Waals surface area contributed by atoms with Crippen LogP contribution in [-0.4, -0.2) is 36.5 Å². The molecule has 3 N–H and O–H groups in total. The van der Waals surface area contributed by atoms with Gasteiger partial charge in [0.1, 0.15) is 0 Å². The minimum Gasteiger partial charge on any atom is -0.381 e. The van der Waals surface area contributed by atoms with Crippen LogP contribution in [0.15, 0.2) is 24.3 Å². The van der Waals surface area contributed by atoms with Gasteiger partial charge in [0.25, 0.3) is 0 Å². The van der Waals surface area contributed by atoms with Gasteiger partial charge in [0.05, 0.1) is 0 Å². The normalized spacial score (nSPS) is 30.1. The fourth-order valence-corrected chi connectivity index (χ4v) is 3.10. The van der Waals surface area contributed by atoms with E-state index in [0.717, 1.165) is 18.2 Å². The summed E-state index contributed by atoms with van der Waals surface area (Å²) in [4.78, 5) is 13.7. The monoisotopic (exact) mass is 245 g/mol. The Labute approximate surface area is 107 Å². The van der Waals surface area contributed by atoms with Crippen LogP contribution in [0.1, 0.15) is 23.2 Å². The van der Waals surface area contributed by atoms with Crippen LogP contribution in [0.4, 0.5) is 5.69 Å². The molecule has 18 heavy (non-hydrogen) atoms. The Morgan fingerprint density at radius 1 is 1.33 bits per heavy atom. The van der Waals surface area contributed by atoms with Gasteiger partial charge in [-0.1, -0.05) is 6.07 Å². The second kappa shape index (κ2) is 4.61. The van der Waals surface area contributed by atoms with E-state index >= 15 is 0 Å². The van der Waals surface area contributed by atoms with E-state index in [4.69, 9.17) is 5.73 Å². The summed E-state index contributed by atoms with van der Waals surface area (Å²) in [5, 5.41) is 3.56. The maximum atomic E-state index is 11.2. The fraction of sp³-hybridized carbons (Fsp3) is 0.500. The van der Waals surface area contributed by atoms with Crippen molar-refractivity contribution in [2.75, 3.05) is 25.0 Å². The SMILES string of the molecule is NC(=O)c1cccc(NC2CN3CCC2CC3)c1. The molecule has 0 saturated carbocycles. The predicted molar refractivity (Wildman–Crippen MR) is 71.5 cm³/mol. The summed E-state index contributed by atoms with van der Waals surface area (Å²) in [5.41, 5.74) is 6.88. The van der Waals surface area contributed by atoms with Crippen molar-refractivity contribution < 1.29 is 4.79 Å². The second-order valence-electron chi connectivity index (χ2n) is 5.33. The molecule has 4 nitrogen and oxygen atoms in total. The molecule has 3 heterocycles. The third-order valence-electron chi connectivity index (χ3n) is 4.16. The number of hydrogen-bond donors (Lipinski definition) is 2. The summed E-state index contributed by atoms with van der Waals surface area (Å²) in [7, 11) is 0. The van der Waals surface area contributed by atoms with Crippen molar-refractivity contribution in [2.24, 2.45) is 11.7 Å². The number of fused-ring (bicyclic) bond motifs is 3. The van der Waals surface area contributed by atoms with Crippen molar-refractivity contribution in [1.29, 1.82) is 0 Å². The van der Waals surface area contributed by atoms with E-state index in [1.165, 1.54) is 25.9 Å². The fourth-order valence-electron chi connectivity index (χ4n) is 3.10. The lowest BCUT2D eigenvalue weighted by atomic mass is 9.84. The Bertz CT molecular complexity index is 452. The molecule has 2 bridgehead atoms. The minimum atomic E-state index is -0.368. The second-order valence-corrected chi connectivity index (χ2v) is 5.33. The smallest absolute Gasteiger partial charge is 0.248 e. The molecule has 0 spiro atoms. The van der Waals surface area contributed by atoms with Crippen molar-refractivity contribution in [1.82, 2.24) is 4.90 Å². The van der Waals surface area contributed by atoms with Crippen molar-refractivity contribution >= 4 is 11.6 Å². The lowest BCUT2D eigenvalue weighted by Gasteiger charge is -2.45. The Morgan fingerprint density at radius 2 is 2.11 bits per heavy atom. The standard InChI is InChI=1S/C14H19N3O/c15-14(18)11-2-1-3-12(8-11)16-13-9-17-6-4-10(13)5-7-17/h1-3,8,10,13,16H,4-7,9H2,(H2,15,18). The highest BCUT2D eigenvalue weighted by Crippen LogP contribution is 2.29. The predicted octanol–water partition coefficient (Wildman–Crippen LogP) is 1.29. The zero-order valence-corrected chi connectivity index (χ0v) is 10.4. The van der Waals surface area contributed by atoms with Gasteiger partial charge in [-0.3, -0.25) is 4.79 Å². The molecule has 1 aromatic carbocycles. The van der Waals surface area contributed by atoms with E-state index in [1.54, 1.807) is 6.07 Å². The zero-order chi connectivity index (χ0) is 12.5. The van der Waals surface area contributed by atoms with Crippen LogP contribution in [0.5, 0.6) is 0 Å². The Balaban J connectivity index is 1.72. The highest BCUT2D eigenvalue weighted by atomic mass is 16.1. The van der Waals surface area contributed by atoms with Crippen LogP contribution < -0.4 is 11.1 Å². The number of amides is 1. The summed E-state index contributed by atoms with van der Waals surface area (Å²) < 4.78 is 0. The molecule has 1 aromatic rings. The van der Waals surface area contributed by atoms with Crippen LogP contribution in [0.3, 0.4) is 0 Å². The molecule has 3 aliphatic rings. The van der Waals surface area contributed by atoms with E-state index in [-0.39, 0.29) is 5.91 Å². The minimum absolute atomic E-state index is 0.368. The molecule has 0 aromatic heterocycles. The summed E-state index contributed by atoms with van der Waals surface area (Å²) in [6.07, 6.45) is 2.57. The first-order chi connectivity index (χ1) is 8.72. The lowest BCUT2D eigenvalue weighted by Crippen LogP contribution is -2.53. The van der Waals surface area contributed by atoms with E-state index in [1.807, 2.05) is 18.2 Å². The summed E-state index contributed by atoms with van der Waals surface area (Å²) >= 11 is 0. The highest BCUT2D eigenvalue weighted by Gasteiger charge is 2.33. The van der Waals surface area contributed by atoms with Gasteiger partial charge in [-0.15, -0.1) is 0 Å². The third-order valence-corrected chi connectivity index (χ3v) is 4.16. The van der Waals surface area contributed by atoms with E-state index in [2.05, 4.69) is 10.2 Å². The third kappa shape index (κ3) is 2.20. The Morgan fingerprint density at radius 3 is 2.72 bits per heavy atom. The molecular weight excluding hydrogens is 226 g/mol. The molecule has 4 heteroatoms. The van der Waals surface area contributed by atoms with E-state index in [9.17, 15) is 4.79 Å². The van der Waals surface area contributed by atoms with E-state index < -0.39 is 0 Å². The zero-order valence-electron chi connectivity index (χ0n) is 10.4. The van der Waals surface area contributed by atoms with Crippen molar-refractivity contribution in [2.45, 2.75) is 18.9 Å². The van der Waals surface area contributed by atoms with Gasteiger partial charge in [-0.25, -0.2) is 0 Å². The summed E-state index contributed by atoms with van der Waals surface area (Å²) in [6.45, 7) is 3.60. The first-order valence-corrected chi connectivity index (χ1v) is 6.61. The van der Waals surface area contributed by atoms with Gasteiger partial charge in [-0.2, -0.15) is 0 Å². The molecule has 3 aliphatic heterocycles. The summed E-state index contributed by atoms with van der Waals surface area (Å²) in [5.74, 6) is 0.403. The number of nitrogens with two attached hydrogens (primary N) is 1. The lowest BCUT2D eigenvalue weighted by molar-refractivity contribution is 0.0975. The maximum Gasteiger partial charge on any atom is 0.248 e. The molecule has 1 amide bonds. The molecular formula is C14H19N3O. The van der Waals surface area contributed by atoms with Gasteiger partial charge in [0.2, 0.25) is 5.91 Å². The van der Waals surface area contributed by atoms with Crippen molar-refractivity contribution in [3.63, 3.8) is 0 Å². The van der Waals surface area contributed by atoms with Gasteiger partial charge in [0, 0.05) is 23.8 Å². The molecule has 1 unspecified atom stereocenters. The molecule has 3 fully saturated rings. The van der Waals surface area contributed by atoms with Crippen molar-refractivity contribution in [3.05, 3.63) is 29.8 Å². The van der Waals surface area contributed by atoms with Crippen LogP contribution in [0, 0.1) is 5.92 Å². The maximum absolute atomic E-state index is 11.2. The number of nitrogens with zero attached hydrogens (tertiary/aromatic N) is 1. The van der Waals surface area contributed by atoms with Crippen LogP contribution >= 0.6 is 0 Å². The van der Waals surface area contributed by atoms with Gasteiger partial charge in [0.15, 0.2) is 0 Å². The number of primary amides is 1.